The zero-order valence-electron chi connectivity index (χ0n) is 42.2. The number of ether oxygens (including phenoxy) is 1. The number of nitrogens with zero attached hydrogens (tertiary/aromatic N) is 5. The van der Waals surface area contributed by atoms with E-state index in [1.165, 1.54) is 26.7 Å². The number of benzene rings is 4. The number of methoxy groups -OCH3 is 1. The van der Waals surface area contributed by atoms with Crippen molar-refractivity contribution >= 4 is 35.4 Å². The van der Waals surface area contributed by atoms with Crippen LogP contribution in [0.2, 0.25) is 0 Å². The van der Waals surface area contributed by atoms with Gasteiger partial charge in [-0.15, -0.1) is 0 Å². The Labute approximate surface area is 426 Å². The number of primary amides is 1. The number of amides is 6. The van der Waals surface area contributed by atoms with Crippen molar-refractivity contribution in [3.05, 3.63) is 144 Å². The highest BCUT2D eigenvalue weighted by atomic mass is 16.5. The summed E-state index contributed by atoms with van der Waals surface area (Å²) < 4.78 is 5.43. The SMILES string of the molecule is COCCN(CC(=O)N(CC(=O)N(CC(=O)N(CCCCN)CC(=O)N(CCCCN)CC(N)=O)C1CCCC1)CC(c1ccccc1)c1ccccc1)C(=O)CNCC(c1ccccc1)c1ccccc1. The summed E-state index contributed by atoms with van der Waals surface area (Å²) in [6.45, 7) is 0.504. The van der Waals surface area contributed by atoms with Crippen molar-refractivity contribution in [2.75, 3.05) is 98.8 Å². The van der Waals surface area contributed by atoms with Crippen molar-refractivity contribution in [2.24, 2.45) is 17.2 Å². The van der Waals surface area contributed by atoms with Gasteiger partial charge in [-0.25, -0.2) is 0 Å². The molecule has 1 saturated carbocycles. The molecule has 0 spiro atoms. The zero-order valence-corrected chi connectivity index (χ0v) is 42.2. The quantitative estimate of drug-likeness (QED) is 0.0517. The number of hydrogen-bond acceptors (Lipinski definition) is 10. The first-order chi connectivity index (χ1) is 35.0. The van der Waals surface area contributed by atoms with Crippen molar-refractivity contribution in [2.45, 2.75) is 69.2 Å². The lowest BCUT2D eigenvalue weighted by atomic mass is 9.90. The van der Waals surface area contributed by atoms with Gasteiger partial charge in [0.05, 0.1) is 39.3 Å². The van der Waals surface area contributed by atoms with Crippen LogP contribution in [0.5, 0.6) is 0 Å². The molecule has 6 amide bonds. The van der Waals surface area contributed by atoms with Gasteiger partial charge in [-0.1, -0.05) is 134 Å². The van der Waals surface area contributed by atoms with Crippen molar-refractivity contribution in [1.82, 2.24) is 29.8 Å². The van der Waals surface area contributed by atoms with Gasteiger partial charge in [0, 0.05) is 57.7 Å². The van der Waals surface area contributed by atoms with Crippen LogP contribution in [0, 0.1) is 0 Å². The highest BCUT2D eigenvalue weighted by Crippen LogP contribution is 2.28. The normalized spacial score (nSPS) is 12.5. The molecule has 1 fully saturated rings. The zero-order chi connectivity index (χ0) is 51.5. The van der Waals surface area contributed by atoms with Crippen LogP contribution in [0.3, 0.4) is 0 Å². The highest BCUT2D eigenvalue weighted by molar-refractivity contribution is 5.92. The minimum absolute atomic E-state index is 0.0279. The summed E-state index contributed by atoms with van der Waals surface area (Å²) in [6, 6.07) is 39.5. The summed E-state index contributed by atoms with van der Waals surface area (Å²) >= 11 is 0. The summed E-state index contributed by atoms with van der Waals surface area (Å²) in [5.41, 5.74) is 21.1. The Balaban J connectivity index is 1.42. The Kier molecular flexibility index (Phi) is 24.4. The van der Waals surface area contributed by atoms with Gasteiger partial charge in [-0.05, 0) is 73.9 Å². The van der Waals surface area contributed by atoms with Gasteiger partial charge in [-0.2, -0.15) is 0 Å². The molecule has 388 valence electrons. The summed E-state index contributed by atoms with van der Waals surface area (Å²) in [4.78, 5) is 91.9. The third kappa shape index (κ3) is 18.3. The second-order valence-electron chi connectivity index (χ2n) is 18.5. The third-order valence-corrected chi connectivity index (χ3v) is 13.3. The second kappa shape index (κ2) is 31.1. The molecule has 0 aliphatic heterocycles. The van der Waals surface area contributed by atoms with Crippen molar-refractivity contribution in [1.29, 1.82) is 0 Å². The van der Waals surface area contributed by atoms with E-state index in [0.717, 1.165) is 35.1 Å². The van der Waals surface area contributed by atoms with Crippen LogP contribution in [0.15, 0.2) is 121 Å². The summed E-state index contributed by atoms with van der Waals surface area (Å²) in [6.07, 6.45) is 5.39. The van der Waals surface area contributed by atoms with Crippen LogP contribution in [-0.4, -0.2) is 165 Å². The van der Waals surface area contributed by atoms with Crippen LogP contribution in [-0.2, 0) is 33.5 Å². The Morgan fingerprint density at radius 1 is 0.528 bits per heavy atom. The molecule has 1 aliphatic carbocycles. The van der Waals surface area contributed by atoms with Gasteiger partial charge < -0.3 is 51.8 Å². The summed E-state index contributed by atoms with van der Waals surface area (Å²) in [5, 5.41) is 3.37. The average molecular weight is 988 g/mol. The lowest BCUT2D eigenvalue weighted by Gasteiger charge is -2.35. The number of carbonyl (C=O) groups excluding carboxylic acids is 6. The van der Waals surface area contributed by atoms with E-state index in [-0.39, 0.29) is 95.8 Å². The molecule has 0 heterocycles. The number of unbranched alkanes of at least 4 members (excludes halogenated alkanes) is 2. The molecule has 4 aromatic carbocycles. The molecule has 0 atom stereocenters. The molecule has 0 radical (unpaired) electrons. The standard InChI is InChI=1S/C56H77N9O7/c1-72-35-34-63(52(67)37-60-36-49(44-20-6-2-7-21-44)45-22-8-3-9-23-45)41-54(69)64(38-50(46-24-10-4-11-25-46)47-26-12-5-13-27-47)42-56(71)65(48-28-14-15-29-48)43-55(70)62(33-19-17-31-58)40-53(68)61(39-51(59)66)32-18-16-30-57/h2-13,20-27,48-50,60H,14-19,28-43,57-58H2,1H3,(H2,59,66). The van der Waals surface area contributed by atoms with Gasteiger partial charge >= 0.3 is 0 Å². The minimum Gasteiger partial charge on any atom is -0.383 e. The Morgan fingerprint density at radius 3 is 1.40 bits per heavy atom. The van der Waals surface area contributed by atoms with E-state index >= 15 is 9.59 Å². The molecule has 1 aliphatic rings. The number of rotatable bonds is 32. The molecular formula is C56H77N9O7. The Bertz CT molecular complexity index is 2170. The smallest absolute Gasteiger partial charge is 0.242 e. The maximum Gasteiger partial charge on any atom is 0.242 e. The van der Waals surface area contributed by atoms with E-state index in [2.05, 4.69) is 29.6 Å². The van der Waals surface area contributed by atoms with Crippen LogP contribution in [0.4, 0.5) is 0 Å². The van der Waals surface area contributed by atoms with E-state index in [1.54, 1.807) is 4.90 Å². The van der Waals surface area contributed by atoms with E-state index in [4.69, 9.17) is 21.9 Å². The molecule has 0 saturated heterocycles. The molecule has 5 rings (SSSR count). The molecule has 16 heteroatoms. The molecule has 7 N–H and O–H groups in total. The second-order valence-corrected chi connectivity index (χ2v) is 18.5. The number of carbonyl (C=O) groups is 6. The third-order valence-electron chi connectivity index (χ3n) is 13.3. The van der Waals surface area contributed by atoms with Gasteiger partial charge in [0.15, 0.2) is 0 Å². The maximum absolute atomic E-state index is 15.0. The molecule has 16 nitrogen and oxygen atoms in total. The molecule has 0 aromatic heterocycles. The average Bonchev–Trinajstić information content (AvgIpc) is 3.94. The van der Waals surface area contributed by atoms with Gasteiger partial charge in [0.25, 0.3) is 0 Å². The minimum atomic E-state index is -0.672. The molecule has 0 bridgehead atoms. The van der Waals surface area contributed by atoms with Gasteiger partial charge in [0.1, 0.15) is 6.54 Å². The highest BCUT2D eigenvalue weighted by Gasteiger charge is 2.34. The first kappa shape index (κ1) is 56.5. The lowest BCUT2D eigenvalue weighted by Crippen LogP contribution is -2.54. The summed E-state index contributed by atoms with van der Waals surface area (Å²) in [7, 11) is 1.54. The monoisotopic (exact) mass is 988 g/mol. The van der Waals surface area contributed by atoms with E-state index in [9.17, 15) is 19.2 Å². The fourth-order valence-electron chi connectivity index (χ4n) is 9.31. The fraction of sp³-hybridized carbons (Fsp3) is 0.464. The van der Waals surface area contributed by atoms with E-state index in [0.29, 0.717) is 58.2 Å². The maximum atomic E-state index is 15.0. The first-order valence-corrected chi connectivity index (χ1v) is 25.5. The van der Waals surface area contributed by atoms with Crippen molar-refractivity contribution < 1.29 is 33.5 Å². The van der Waals surface area contributed by atoms with Crippen LogP contribution in [0.25, 0.3) is 0 Å². The van der Waals surface area contributed by atoms with Crippen molar-refractivity contribution in [3.63, 3.8) is 0 Å². The van der Waals surface area contributed by atoms with Gasteiger partial charge in [-0.3, -0.25) is 28.8 Å². The fourth-order valence-corrected chi connectivity index (χ4v) is 9.31. The summed E-state index contributed by atoms with van der Waals surface area (Å²) in [5.74, 6) is -3.08. The van der Waals surface area contributed by atoms with Crippen LogP contribution >= 0.6 is 0 Å². The Hall–Kier alpha value is -6.46. The van der Waals surface area contributed by atoms with E-state index < -0.39 is 29.5 Å². The topological polar surface area (TPSA) is 218 Å². The predicted octanol–water partition coefficient (Wildman–Crippen LogP) is 3.94. The molecule has 0 unspecified atom stereocenters. The number of nitrogens with one attached hydrogen (secondary N) is 1. The molecular weight excluding hydrogens is 911 g/mol. The predicted molar refractivity (Wildman–Crippen MR) is 280 cm³/mol. The van der Waals surface area contributed by atoms with Gasteiger partial charge in [0.2, 0.25) is 35.4 Å². The van der Waals surface area contributed by atoms with Crippen LogP contribution < -0.4 is 22.5 Å². The lowest BCUT2D eigenvalue weighted by molar-refractivity contribution is -0.148. The number of hydrogen-bond donors (Lipinski definition) is 4. The van der Waals surface area contributed by atoms with E-state index in [1.807, 2.05) is 97.1 Å². The molecule has 72 heavy (non-hydrogen) atoms. The van der Waals surface area contributed by atoms with Crippen LogP contribution in [0.1, 0.15) is 85.5 Å². The number of nitrogens with two attached hydrogens (primary N) is 3. The van der Waals surface area contributed by atoms with Crippen molar-refractivity contribution in [3.8, 4) is 0 Å². The first-order valence-electron chi connectivity index (χ1n) is 25.5. The largest absolute Gasteiger partial charge is 0.383 e. The Morgan fingerprint density at radius 2 is 0.944 bits per heavy atom. The molecule has 4 aromatic rings.